The standard InChI is InChI=1S/C15H17N3O3S/c19-15-16-9-8-14(17-15)12-5-4-10-18(11-12)22(20,21)13-6-2-1-3-7-13/h1-3,6-9,12H,4-5,10-11H2,(H,16,17,19). The predicted octanol–water partition coefficient (Wildman–Crippen LogP) is 1.34. The molecule has 3 rings (SSSR count). The third kappa shape index (κ3) is 2.95. The zero-order chi connectivity index (χ0) is 15.6. The smallest absolute Gasteiger partial charge is 0.309 e. The highest BCUT2D eigenvalue weighted by atomic mass is 32.2. The van der Waals surface area contributed by atoms with Gasteiger partial charge in [-0.25, -0.2) is 18.2 Å². The Morgan fingerprint density at radius 2 is 1.95 bits per heavy atom. The minimum Gasteiger partial charge on any atom is -0.309 e. The van der Waals surface area contributed by atoms with Gasteiger partial charge in [0, 0.05) is 30.9 Å². The number of rotatable bonds is 3. The van der Waals surface area contributed by atoms with E-state index in [-0.39, 0.29) is 5.92 Å². The maximum absolute atomic E-state index is 12.7. The first-order valence-electron chi connectivity index (χ1n) is 7.18. The molecule has 0 amide bonds. The number of aromatic nitrogens is 2. The Kier molecular flexibility index (Phi) is 4.08. The lowest BCUT2D eigenvalue weighted by Crippen LogP contribution is -2.39. The van der Waals surface area contributed by atoms with Gasteiger partial charge in [0.1, 0.15) is 0 Å². The zero-order valence-electron chi connectivity index (χ0n) is 12.0. The summed E-state index contributed by atoms with van der Waals surface area (Å²) in [6, 6.07) is 10.2. The van der Waals surface area contributed by atoms with Crippen LogP contribution in [0.5, 0.6) is 0 Å². The first-order chi connectivity index (χ1) is 10.6. The van der Waals surface area contributed by atoms with Gasteiger partial charge in [0.15, 0.2) is 0 Å². The van der Waals surface area contributed by atoms with Crippen molar-refractivity contribution in [3.63, 3.8) is 0 Å². The quantitative estimate of drug-likeness (QED) is 0.925. The first kappa shape index (κ1) is 14.9. The molecule has 1 fully saturated rings. The second-order valence-electron chi connectivity index (χ2n) is 5.35. The van der Waals surface area contributed by atoms with Crippen molar-refractivity contribution in [3.05, 3.63) is 58.8 Å². The van der Waals surface area contributed by atoms with Gasteiger partial charge in [-0.15, -0.1) is 0 Å². The van der Waals surface area contributed by atoms with Crippen LogP contribution in [0.3, 0.4) is 0 Å². The maximum atomic E-state index is 12.7. The largest absolute Gasteiger partial charge is 0.345 e. The van der Waals surface area contributed by atoms with Gasteiger partial charge < -0.3 is 4.98 Å². The molecule has 7 heteroatoms. The van der Waals surface area contributed by atoms with Crippen LogP contribution in [0.25, 0.3) is 0 Å². The molecule has 1 aromatic heterocycles. The van der Waals surface area contributed by atoms with Crippen molar-refractivity contribution in [1.82, 2.24) is 14.3 Å². The van der Waals surface area contributed by atoms with Gasteiger partial charge in [0.05, 0.1) is 4.90 Å². The summed E-state index contributed by atoms with van der Waals surface area (Å²) in [4.78, 5) is 17.9. The van der Waals surface area contributed by atoms with Gasteiger partial charge in [0.2, 0.25) is 10.0 Å². The highest BCUT2D eigenvalue weighted by Gasteiger charge is 2.31. The summed E-state index contributed by atoms with van der Waals surface area (Å²) in [5.74, 6) is -0.0112. The average Bonchev–Trinajstić information content (AvgIpc) is 2.56. The molecule has 22 heavy (non-hydrogen) atoms. The number of aromatic amines is 1. The summed E-state index contributed by atoms with van der Waals surface area (Å²) in [6.45, 7) is 0.875. The van der Waals surface area contributed by atoms with Crippen LogP contribution in [0.2, 0.25) is 0 Å². The Labute approximate surface area is 128 Å². The Morgan fingerprint density at radius 3 is 2.68 bits per heavy atom. The van der Waals surface area contributed by atoms with Crippen LogP contribution in [0.15, 0.2) is 52.3 Å². The molecule has 116 valence electrons. The Hall–Kier alpha value is -1.99. The summed E-state index contributed by atoms with van der Waals surface area (Å²) in [5, 5.41) is 0. The molecule has 6 nitrogen and oxygen atoms in total. The summed E-state index contributed by atoms with van der Waals surface area (Å²) < 4.78 is 26.8. The van der Waals surface area contributed by atoms with Gasteiger partial charge in [-0.2, -0.15) is 4.31 Å². The van der Waals surface area contributed by atoms with Crippen molar-refractivity contribution in [1.29, 1.82) is 0 Å². The van der Waals surface area contributed by atoms with E-state index in [1.165, 1.54) is 10.5 Å². The van der Waals surface area contributed by atoms with Gasteiger partial charge in [-0.3, -0.25) is 0 Å². The molecule has 1 unspecified atom stereocenters. The number of benzene rings is 1. The van der Waals surface area contributed by atoms with E-state index < -0.39 is 15.7 Å². The second-order valence-corrected chi connectivity index (χ2v) is 7.28. The van der Waals surface area contributed by atoms with Gasteiger partial charge >= 0.3 is 5.69 Å². The zero-order valence-corrected chi connectivity index (χ0v) is 12.8. The Morgan fingerprint density at radius 1 is 1.18 bits per heavy atom. The fourth-order valence-corrected chi connectivity index (χ4v) is 4.32. The molecule has 0 bridgehead atoms. The van der Waals surface area contributed by atoms with Gasteiger partial charge in [-0.05, 0) is 31.0 Å². The topological polar surface area (TPSA) is 83.1 Å². The Balaban J connectivity index is 1.86. The Bertz CT molecular complexity index is 802. The number of hydrogen-bond acceptors (Lipinski definition) is 4. The first-order valence-corrected chi connectivity index (χ1v) is 8.62. The predicted molar refractivity (Wildman–Crippen MR) is 82.0 cm³/mol. The third-order valence-corrected chi connectivity index (χ3v) is 5.78. The second kappa shape index (κ2) is 6.02. The van der Waals surface area contributed by atoms with Crippen LogP contribution in [-0.2, 0) is 10.0 Å². The summed E-state index contributed by atoms with van der Waals surface area (Å²) in [7, 11) is -3.49. The van der Waals surface area contributed by atoms with Crippen LogP contribution in [0.1, 0.15) is 24.5 Å². The van der Waals surface area contributed by atoms with E-state index in [0.717, 1.165) is 18.5 Å². The van der Waals surface area contributed by atoms with Crippen LogP contribution in [-0.4, -0.2) is 35.8 Å². The summed E-state index contributed by atoms with van der Waals surface area (Å²) >= 11 is 0. The van der Waals surface area contributed by atoms with Crippen LogP contribution >= 0.6 is 0 Å². The molecule has 1 N–H and O–H groups in total. The lowest BCUT2D eigenvalue weighted by molar-refractivity contribution is 0.312. The van der Waals surface area contributed by atoms with E-state index in [1.807, 2.05) is 0 Å². The number of hydrogen-bond donors (Lipinski definition) is 1. The number of piperidine rings is 1. The van der Waals surface area contributed by atoms with E-state index in [1.54, 1.807) is 36.4 Å². The summed E-state index contributed by atoms with van der Waals surface area (Å²) in [5.41, 5.74) is 0.341. The molecule has 1 atom stereocenters. The van der Waals surface area contributed by atoms with E-state index in [9.17, 15) is 13.2 Å². The number of H-pyrrole nitrogens is 1. The normalized spacial score (nSPS) is 19.9. The van der Waals surface area contributed by atoms with Crippen molar-refractivity contribution in [2.75, 3.05) is 13.1 Å². The molecule has 1 aliphatic heterocycles. The average molecular weight is 319 g/mol. The molecule has 2 aromatic rings. The lowest BCUT2D eigenvalue weighted by Gasteiger charge is -2.31. The van der Waals surface area contributed by atoms with Gasteiger partial charge in [-0.1, -0.05) is 18.2 Å². The number of nitrogens with zero attached hydrogens (tertiary/aromatic N) is 2. The molecular formula is C15H17N3O3S. The SMILES string of the molecule is O=c1nccc(C2CCCN(S(=O)(=O)c3ccccc3)C2)[nH]1. The van der Waals surface area contributed by atoms with Crippen molar-refractivity contribution < 1.29 is 8.42 Å². The van der Waals surface area contributed by atoms with Crippen LogP contribution < -0.4 is 5.69 Å². The summed E-state index contributed by atoms with van der Waals surface area (Å²) in [6.07, 6.45) is 3.07. The van der Waals surface area contributed by atoms with E-state index in [4.69, 9.17) is 0 Å². The minimum atomic E-state index is -3.49. The molecule has 0 spiro atoms. The molecular weight excluding hydrogens is 302 g/mol. The van der Waals surface area contributed by atoms with Crippen molar-refractivity contribution in [3.8, 4) is 0 Å². The molecule has 2 heterocycles. The monoisotopic (exact) mass is 319 g/mol. The number of nitrogens with one attached hydrogen (secondary N) is 1. The van der Waals surface area contributed by atoms with Crippen molar-refractivity contribution in [2.24, 2.45) is 0 Å². The van der Waals surface area contributed by atoms with E-state index in [2.05, 4.69) is 9.97 Å². The molecule has 0 aliphatic carbocycles. The third-order valence-electron chi connectivity index (χ3n) is 3.90. The van der Waals surface area contributed by atoms with Crippen molar-refractivity contribution >= 4 is 10.0 Å². The number of sulfonamides is 1. The minimum absolute atomic E-state index is 0.0112. The highest BCUT2D eigenvalue weighted by Crippen LogP contribution is 2.28. The molecule has 1 aromatic carbocycles. The molecule has 1 saturated heterocycles. The van der Waals surface area contributed by atoms with Crippen LogP contribution in [0.4, 0.5) is 0 Å². The fraction of sp³-hybridized carbons (Fsp3) is 0.333. The maximum Gasteiger partial charge on any atom is 0.345 e. The molecule has 0 radical (unpaired) electrons. The molecule has 1 aliphatic rings. The van der Waals surface area contributed by atoms with Gasteiger partial charge in [0.25, 0.3) is 0 Å². The van der Waals surface area contributed by atoms with E-state index >= 15 is 0 Å². The fourth-order valence-electron chi connectivity index (χ4n) is 2.78. The van der Waals surface area contributed by atoms with E-state index in [0.29, 0.717) is 18.0 Å². The van der Waals surface area contributed by atoms with Crippen molar-refractivity contribution in [2.45, 2.75) is 23.7 Å². The molecule has 0 saturated carbocycles. The lowest BCUT2D eigenvalue weighted by atomic mass is 9.96. The van der Waals surface area contributed by atoms with Crippen LogP contribution in [0, 0.1) is 0 Å². The highest BCUT2D eigenvalue weighted by molar-refractivity contribution is 7.89.